The Labute approximate surface area is 131 Å². The molecule has 0 aromatic heterocycles. The van der Waals surface area contributed by atoms with Crippen LogP contribution < -0.4 is 4.74 Å². The van der Waals surface area contributed by atoms with Crippen LogP contribution in [0.3, 0.4) is 0 Å². The summed E-state index contributed by atoms with van der Waals surface area (Å²) in [7, 11) is 1.72. The molecule has 0 saturated heterocycles. The van der Waals surface area contributed by atoms with Crippen LogP contribution in [0.2, 0.25) is 0 Å². The van der Waals surface area contributed by atoms with Crippen molar-refractivity contribution in [3.63, 3.8) is 0 Å². The fourth-order valence-electron chi connectivity index (χ4n) is 2.66. The largest absolute Gasteiger partial charge is 0.493 e. The van der Waals surface area contributed by atoms with Crippen LogP contribution in [0.15, 0.2) is 66.7 Å². The van der Waals surface area contributed by atoms with E-state index in [9.17, 15) is 0 Å². The van der Waals surface area contributed by atoms with Gasteiger partial charge in [0.05, 0.1) is 13.2 Å². The molecule has 0 aliphatic carbocycles. The maximum absolute atomic E-state index is 6.02. The van der Waals surface area contributed by atoms with Crippen molar-refractivity contribution in [3.05, 3.63) is 77.9 Å². The van der Waals surface area contributed by atoms with Crippen molar-refractivity contribution in [1.29, 1.82) is 0 Å². The van der Waals surface area contributed by atoms with Crippen LogP contribution in [0.25, 0.3) is 10.8 Å². The average Bonchev–Trinajstić information content (AvgIpc) is 2.58. The molecule has 0 heterocycles. The maximum atomic E-state index is 6.02. The van der Waals surface area contributed by atoms with Gasteiger partial charge in [-0.3, -0.25) is 0 Å². The lowest BCUT2D eigenvalue weighted by molar-refractivity contribution is 0.186. The second kappa shape index (κ2) is 7.10. The molecule has 3 aromatic rings. The van der Waals surface area contributed by atoms with Gasteiger partial charge in [0.25, 0.3) is 0 Å². The van der Waals surface area contributed by atoms with Gasteiger partial charge >= 0.3 is 0 Å². The van der Waals surface area contributed by atoms with Gasteiger partial charge in [0.15, 0.2) is 0 Å². The summed E-state index contributed by atoms with van der Waals surface area (Å²) in [5, 5.41) is 2.34. The van der Waals surface area contributed by atoms with E-state index >= 15 is 0 Å². The second-order valence-electron chi connectivity index (χ2n) is 5.29. The van der Waals surface area contributed by atoms with Gasteiger partial charge in [0.1, 0.15) is 5.75 Å². The molecule has 0 N–H and O–H groups in total. The van der Waals surface area contributed by atoms with Gasteiger partial charge in [-0.15, -0.1) is 0 Å². The topological polar surface area (TPSA) is 18.5 Å². The van der Waals surface area contributed by atoms with Crippen LogP contribution in [-0.4, -0.2) is 13.7 Å². The van der Waals surface area contributed by atoms with E-state index in [1.807, 2.05) is 18.2 Å². The highest BCUT2D eigenvalue weighted by molar-refractivity contribution is 5.91. The first-order chi connectivity index (χ1) is 10.9. The van der Waals surface area contributed by atoms with Crippen LogP contribution in [0.4, 0.5) is 0 Å². The number of hydrogen-bond donors (Lipinski definition) is 0. The zero-order chi connectivity index (χ0) is 15.2. The third-order valence-corrected chi connectivity index (χ3v) is 3.77. The number of fused-ring (bicyclic) bond motifs is 1. The first kappa shape index (κ1) is 14.6. The van der Waals surface area contributed by atoms with E-state index in [1.165, 1.54) is 16.5 Å². The first-order valence-electron chi connectivity index (χ1n) is 7.55. The molecule has 0 aliphatic heterocycles. The van der Waals surface area contributed by atoms with Gasteiger partial charge in [-0.05, 0) is 22.6 Å². The molecule has 0 atom stereocenters. The summed E-state index contributed by atoms with van der Waals surface area (Å²) in [6.07, 6.45) is 0.912. The summed E-state index contributed by atoms with van der Waals surface area (Å²) < 4.78 is 11.3. The molecule has 112 valence electrons. The third kappa shape index (κ3) is 3.29. The number of methoxy groups -OCH3 is 1. The Bertz CT molecular complexity index is 735. The molecule has 0 spiro atoms. The molecule has 0 radical (unpaired) electrons. The number of benzene rings is 3. The van der Waals surface area contributed by atoms with Crippen molar-refractivity contribution in [2.24, 2.45) is 0 Å². The van der Waals surface area contributed by atoms with E-state index in [0.29, 0.717) is 13.2 Å². The lowest BCUT2D eigenvalue weighted by Gasteiger charge is -2.12. The van der Waals surface area contributed by atoms with Crippen molar-refractivity contribution in [2.45, 2.75) is 13.0 Å². The van der Waals surface area contributed by atoms with Crippen molar-refractivity contribution in [1.82, 2.24) is 0 Å². The van der Waals surface area contributed by atoms with Crippen LogP contribution in [0, 0.1) is 0 Å². The Morgan fingerprint density at radius 3 is 2.27 bits per heavy atom. The van der Waals surface area contributed by atoms with Crippen molar-refractivity contribution < 1.29 is 9.47 Å². The van der Waals surface area contributed by atoms with Crippen LogP contribution in [0.5, 0.6) is 5.75 Å². The van der Waals surface area contributed by atoms with Gasteiger partial charge in [-0.2, -0.15) is 0 Å². The Morgan fingerprint density at radius 1 is 0.773 bits per heavy atom. The number of ether oxygens (including phenoxy) is 2. The van der Waals surface area contributed by atoms with Crippen molar-refractivity contribution >= 4 is 10.8 Å². The molecule has 0 amide bonds. The van der Waals surface area contributed by atoms with E-state index in [1.54, 1.807) is 7.11 Å². The molecule has 2 nitrogen and oxygen atoms in total. The van der Waals surface area contributed by atoms with E-state index in [2.05, 4.69) is 48.5 Å². The minimum atomic E-state index is 0.616. The Balaban J connectivity index is 1.78. The maximum Gasteiger partial charge on any atom is 0.127 e. The summed E-state index contributed by atoms with van der Waals surface area (Å²) in [6.45, 7) is 1.29. The zero-order valence-electron chi connectivity index (χ0n) is 12.8. The molecule has 0 unspecified atom stereocenters. The van der Waals surface area contributed by atoms with E-state index in [-0.39, 0.29) is 0 Å². The SMILES string of the molecule is COCc1ccc(OCCc2ccccc2)c2ccccc12. The monoisotopic (exact) mass is 292 g/mol. The smallest absolute Gasteiger partial charge is 0.127 e. The molecule has 0 fully saturated rings. The fraction of sp³-hybridized carbons (Fsp3) is 0.200. The van der Waals surface area contributed by atoms with E-state index < -0.39 is 0 Å². The zero-order valence-corrected chi connectivity index (χ0v) is 12.8. The molecular formula is C20H20O2. The van der Waals surface area contributed by atoms with Gasteiger partial charge < -0.3 is 9.47 Å². The van der Waals surface area contributed by atoms with E-state index in [0.717, 1.165) is 17.6 Å². The first-order valence-corrected chi connectivity index (χ1v) is 7.55. The molecule has 0 aliphatic rings. The summed E-state index contributed by atoms with van der Waals surface area (Å²) in [5.41, 5.74) is 2.48. The molecule has 3 rings (SSSR count). The minimum absolute atomic E-state index is 0.616. The number of hydrogen-bond acceptors (Lipinski definition) is 2. The Kier molecular flexibility index (Phi) is 4.71. The lowest BCUT2D eigenvalue weighted by Crippen LogP contribution is -2.02. The normalized spacial score (nSPS) is 10.8. The summed E-state index contributed by atoms with van der Waals surface area (Å²) in [6, 6.07) is 22.9. The Morgan fingerprint density at radius 2 is 1.50 bits per heavy atom. The van der Waals surface area contributed by atoms with Crippen molar-refractivity contribution in [3.8, 4) is 5.75 Å². The van der Waals surface area contributed by atoms with Crippen LogP contribution >= 0.6 is 0 Å². The molecular weight excluding hydrogens is 272 g/mol. The predicted molar refractivity (Wildman–Crippen MR) is 90.3 cm³/mol. The third-order valence-electron chi connectivity index (χ3n) is 3.77. The van der Waals surface area contributed by atoms with Crippen LogP contribution in [-0.2, 0) is 17.8 Å². The molecule has 2 heteroatoms. The summed E-state index contributed by atoms with van der Waals surface area (Å²) in [4.78, 5) is 0. The van der Waals surface area contributed by atoms with Crippen LogP contribution in [0.1, 0.15) is 11.1 Å². The van der Waals surface area contributed by atoms with Crippen molar-refractivity contribution in [2.75, 3.05) is 13.7 Å². The van der Waals surface area contributed by atoms with Gasteiger partial charge in [-0.1, -0.05) is 60.7 Å². The predicted octanol–water partition coefficient (Wildman–Crippen LogP) is 4.61. The fourth-order valence-corrected chi connectivity index (χ4v) is 2.66. The minimum Gasteiger partial charge on any atom is -0.493 e. The highest BCUT2D eigenvalue weighted by Gasteiger charge is 2.06. The molecule has 22 heavy (non-hydrogen) atoms. The highest BCUT2D eigenvalue weighted by atomic mass is 16.5. The highest BCUT2D eigenvalue weighted by Crippen LogP contribution is 2.29. The summed E-state index contributed by atoms with van der Waals surface area (Å²) >= 11 is 0. The molecule has 3 aromatic carbocycles. The number of rotatable bonds is 6. The quantitative estimate of drug-likeness (QED) is 0.660. The lowest BCUT2D eigenvalue weighted by atomic mass is 10.0. The Hall–Kier alpha value is -2.32. The van der Waals surface area contributed by atoms with Gasteiger partial charge in [0, 0.05) is 18.9 Å². The van der Waals surface area contributed by atoms with E-state index in [4.69, 9.17) is 9.47 Å². The second-order valence-corrected chi connectivity index (χ2v) is 5.29. The van der Waals surface area contributed by atoms with Gasteiger partial charge in [0.2, 0.25) is 0 Å². The summed E-state index contributed by atoms with van der Waals surface area (Å²) in [5.74, 6) is 0.936. The molecule has 0 saturated carbocycles. The molecule has 0 bridgehead atoms. The van der Waals surface area contributed by atoms with Gasteiger partial charge in [-0.25, -0.2) is 0 Å². The average molecular weight is 292 g/mol. The standard InChI is InChI=1S/C20H20O2/c1-21-15-17-11-12-20(19-10-6-5-9-18(17)19)22-14-13-16-7-3-2-4-8-16/h2-12H,13-15H2,1H3.